The molecule has 3 aromatic rings. The fourth-order valence-electron chi connectivity index (χ4n) is 3.57. The number of amides is 1. The number of ether oxygens (including phenoxy) is 3. The van der Waals surface area contributed by atoms with Crippen LogP contribution in [0.5, 0.6) is 5.88 Å². The van der Waals surface area contributed by atoms with Gasteiger partial charge < -0.3 is 14.2 Å². The minimum absolute atomic E-state index is 0.484. The molecule has 3 heterocycles. The molecule has 0 atom stereocenters. The fraction of sp³-hybridized carbons (Fsp3) is 0.458. The predicted molar refractivity (Wildman–Crippen MR) is 126 cm³/mol. The summed E-state index contributed by atoms with van der Waals surface area (Å²) in [5.74, 6) is 0.562. The van der Waals surface area contributed by atoms with Gasteiger partial charge in [-0.1, -0.05) is 12.1 Å². The molecule has 0 radical (unpaired) electrons. The lowest BCUT2D eigenvalue weighted by molar-refractivity contribution is 0.0357. The van der Waals surface area contributed by atoms with Crippen molar-refractivity contribution in [3.05, 3.63) is 42.6 Å². The van der Waals surface area contributed by atoms with E-state index in [9.17, 15) is 4.79 Å². The smallest absolute Gasteiger partial charge is 0.412 e. The molecule has 1 fully saturated rings. The molecule has 1 aromatic carbocycles. The van der Waals surface area contributed by atoms with Crippen molar-refractivity contribution in [2.24, 2.45) is 0 Å². The SMILES string of the molecule is CC(C)(C)OC(=O)Nc1ccc(-c2cnc3ccc(OCCCN4CCOCC4)nn23)cc1. The molecule has 1 saturated heterocycles. The number of nitrogens with one attached hydrogen (secondary N) is 1. The molecule has 33 heavy (non-hydrogen) atoms. The van der Waals surface area contributed by atoms with Crippen molar-refractivity contribution in [3.8, 4) is 17.1 Å². The van der Waals surface area contributed by atoms with Gasteiger partial charge in [-0.2, -0.15) is 0 Å². The summed E-state index contributed by atoms with van der Waals surface area (Å²) in [6.45, 7) is 10.7. The van der Waals surface area contributed by atoms with Crippen LogP contribution >= 0.6 is 0 Å². The summed E-state index contributed by atoms with van der Waals surface area (Å²) in [7, 11) is 0. The molecule has 1 amide bonds. The van der Waals surface area contributed by atoms with E-state index in [2.05, 4.69) is 20.3 Å². The number of hydrogen-bond donors (Lipinski definition) is 1. The van der Waals surface area contributed by atoms with Crippen LogP contribution in [-0.4, -0.2) is 70.6 Å². The third-order valence-corrected chi connectivity index (χ3v) is 5.14. The maximum atomic E-state index is 12.0. The van der Waals surface area contributed by atoms with E-state index in [-0.39, 0.29) is 0 Å². The second kappa shape index (κ2) is 10.2. The zero-order valence-corrected chi connectivity index (χ0v) is 19.4. The number of hydrogen-bond acceptors (Lipinski definition) is 7. The van der Waals surface area contributed by atoms with Crippen LogP contribution in [0, 0.1) is 0 Å². The highest BCUT2D eigenvalue weighted by Gasteiger charge is 2.16. The van der Waals surface area contributed by atoms with E-state index in [4.69, 9.17) is 14.2 Å². The van der Waals surface area contributed by atoms with Gasteiger partial charge in [-0.3, -0.25) is 10.2 Å². The normalized spacial score (nSPS) is 14.9. The van der Waals surface area contributed by atoms with Crippen molar-refractivity contribution in [2.45, 2.75) is 32.8 Å². The van der Waals surface area contributed by atoms with E-state index in [1.807, 2.05) is 57.2 Å². The highest BCUT2D eigenvalue weighted by molar-refractivity contribution is 5.85. The summed E-state index contributed by atoms with van der Waals surface area (Å²) in [4.78, 5) is 18.8. The van der Waals surface area contributed by atoms with Crippen molar-refractivity contribution in [1.29, 1.82) is 0 Å². The van der Waals surface area contributed by atoms with Gasteiger partial charge in [-0.05, 0) is 45.4 Å². The lowest BCUT2D eigenvalue weighted by atomic mass is 10.1. The van der Waals surface area contributed by atoms with Crippen LogP contribution in [-0.2, 0) is 9.47 Å². The Hall–Kier alpha value is -3.17. The Morgan fingerprint density at radius 3 is 2.61 bits per heavy atom. The van der Waals surface area contributed by atoms with Crippen molar-refractivity contribution >= 4 is 17.4 Å². The highest BCUT2D eigenvalue weighted by Crippen LogP contribution is 2.23. The van der Waals surface area contributed by atoms with E-state index >= 15 is 0 Å². The number of nitrogens with zero attached hydrogens (tertiary/aromatic N) is 4. The van der Waals surface area contributed by atoms with E-state index in [1.165, 1.54) is 0 Å². The Morgan fingerprint density at radius 2 is 1.88 bits per heavy atom. The average molecular weight is 454 g/mol. The first-order chi connectivity index (χ1) is 15.9. The first-order valence-electron chi connectivity index (χ1n) is 11.3. The Bertz CT molecular complexity index is 1070. The monoisotopic (exact) mass is 453 g/mol. The molecule has 1 aliphatic heterocycles. The van der Waals surface area contributed by atoms with Crippen LogP contribution in [0.3, 0.4) is 0 Å². The molecule has 0 unspecified atom stereocenters. The molecule has 0 bridgehead atoms. The number of aromatic nitrogens is 3. The van der Waals surface area contributed by atoms with Gasteiger partial charge >= 0.3 is 6.09 Å². The third-order valence-electron chi connectivity index (χ3n) is 5.14. The molecule has 2 aromatic heterocycles. The Balaban J connectivity index is 1.38. The van der Waals surface area contributed by atoms with E-state index in [1.54, 1.807) is 10.7 Å². The van der Waals surface area contributed by atoms with E-state index in [0.717, 1.165) is 56.2 Å². The molecular weight excluding hydrogens is 422 g/mol. The minimum atomic E-state index is -0.547. The number of carbonyl (C=O) groups is 1. The zero-order chi connectivity index (χ0) is 23.3. The average Bonchev–Trinajstić information content (AvgIpc) is 3.20. The molecule has 0 spiro atoms. The van der Waals surface area contributed by atoms with Crippen LogP contribution in [0.15, 0.2) is 42.6 Å². The second-order valence-electron chi connectivity index (χ2n) is 8.95. The largest absolute Gasteiger partial charge is 0.477 e. The lowest BCUT2D eigenvalue weighted by Crippen LogP contribution is -2.37. The summed E-state index contributed by atoms with van der Waals surface area (Å²) in [6, 6.07) is 11.2. The number of anilines is 1. The van der Waals surface area contributed by atoms with Crippen LogP contribution in [0.4, 0.5) is 10.5 Å². The van der Waals surface area contributed by atoms with Crippen LogP contribution in [0.1, 0.15) is 27.2 Å². The summed E-state index contributed by atoms with van der Waals surface area (Å²) < 4.78 is 18.3. The number of imidazole rings is 1. The van der Waals surface area contributed by atoms with Gasteiger partial charge in [0.05, 0.1) is 31.7 Å². The second-order valence-corrected chi connectivity index (χ2v) is 8.95. The van der Waals surface area contributed by atoms with E-state index < -0.39 is 11.7 Å². The Morgan fingerprint density at radius 1 is 1.12 bits per heavy atom. The molecule has 4 rings (SSSR count). The van der Waals surface area contributed by atoms with Gasteiger partial charge in [-0.25, -0.2) is 14.3 Å². The van der Waals surface area contributed by atoms with Gasteiger partial charge in [0.15, 0.2) is 5.65 Å². The van der Waals surface area contributed by atoms with Crippen LogP contribution < -0.4 is 10.1 Å². The molecule has 1 aliphatic rings. The summed E-state index contributed by atoms with van der Waals surface area (Å²) >= 11 is 0. The maximum absolute atomic E-state index is 12.0. The molecule has 0 saturated carbocycles. The highest BCUT2D eigenvalue weighted by atomic mass is 16.6. The maximum Gasteiger partial charge on any atom is 0.412 e. The topological polar surface area (TPSA) is 90.2 Å². The van der Waals surface area contributed by atoms with Gasteiger partial charge in [-0.15, -0.1) is 5.10 Å². The summed E-state index contributed by atoms with van der Waals surface area (Å²) in [5, 5.41) is 7.36. The first-order valence-corrected chi connectivity index (χ1v) is 11.3. The third kappa shape index (κ3) is 6.43. The van der Waals surface area contributed by atoms with Crippen molar-refractivity contribution in [2.75, 3.05) is 44.8 Å². The first kappa shape index (κ1) is 23.0. The fourth-order valence-corrected chi connectivity index (χ4v) is 3.57. The summed E-state index contributed by atoms with van der Waals surface area (Å²) in [6.07, 6.45) is 2.23. The predicted octanol–water partition coefficient (Wildman–Crippen LogP) is 3.84. The number of morpholine rings is 1. The standard InChI is InChI=1S/C24H31N5O4/c1-24(2,3)33-23(30)26-19-7-5-18(6-8-19)20-17-25-21-9-10-22(27-29(20)21)32-14-4-11-28-12-15-31-16-13-28/h5-10,17H,4,11-16H2,1-3H3,(H,26,30). The van der Waals surface area contributed by atoms with Gasteiger partial charge in [0.25, 0.3) is 0 Å². The Kier molecular flexibility index (Phi) is 7.10. The number of rotatable bonds is 7. The quantitative estimate of drug-likeness (QED) is 0.544. The van der Waals surface area contributed by atoms with Gasteiger partial charge in [0.1, 0.15) is 5.60 Å². The van der Waals surface area contributed by atoms with Gasteiger partial charge in [0.2, 0.25) is 5.88 Å². The zero-order valence-electron chi connectivity index (χ0n) is 19.4. The summed E-state index contributed by atoms with van der Waals surface area (Å²) in [5.41, 5.74) is 2.61. The molecule has 176 valence electrons. The van der Waals surface area contributed by atoms with E-state index in [0.29, 0.717) is 18.2 Å². The van der Waals surface area contributed by atoms with Crippen LogP contribution in [0.25, 0.3) is 16.9 Å². The Labute approximate surface area is 193 Å². The molecule has 0 aliphatic carbocycles. The molecule has 9 nitrogen and oxygen atoms in total. The molecular formula is C24H31N5O4. The van der Waals surface area contributed by atoms with Crippen molar-refractivity contribution in [1.82, 2.24) is 19.5 Å². The minimum Gasteiger partial charge on any atom is -0.477 e. The van der Waals surface area contributed by atoms with Crippen molar-refractivity contribution in [3.63, 3.8) is 0 Å². The number of carbonyl (C=O) groups excluding carboxylic acids is 1. The van der Waals surface area contributed by atoms with Crippen LogP contribution in [0.2, 0.25) is 0 Å². The molecule has 9 heteroatoms. The number of benzene rings is 1. The lowest BCUT2D eigenvalue weighted by Gasteiger charge is -2.26. The number of fused-ring (bicyclic) bond motifs is 1. The van der Waals surface area contributed by atoms with Gasteiger partial charge in [0, 0.05) is 37.0 Å². The van der Waals surface area contributed by atoms with Crippen molar-refractivity contribution < 1.29 is 19.0 Å². The molecule has 1 N–H and O–H groups in total.